The molecular formula is C18H20O2. The summed E-state index contributed by atoms with van der Waals surface area (Å²) in [6.45, 7) is 6.12. The number of methoxy groups -OCH3 is 1. The number of hydrogen-bond donors (Lipinski definition) is 0. The highest BCUT2D eigenvalue weighted by Gasteiger charge is 2.13. The topological polar surface area (TPSA) is 26.3 Å². The van der Waals surface area contributed by atoms with Crippen LogP contribution in [0.5, 0.6) is 5.75 Å². The van der Waals surface area contributed by atoms with E-state index in [0.29, 0.717) is 17.7 Å². The number of aryl methyl sites for hydroxylation is 3. The van der Waals surface area contributed by atoms with Gasteiger partial charge in [0.1, 0.15) is 5.75 Å². The van der Waals surface area contributed by atoms with Gasteiger partial charge in [0.05, 0.1) is 12.7 Å². The van der Waals surface area contributed by atoms with Gasteiger partial charge in [-0.25, -0.2) is 0 Å². The first kappa shape index (κ1) is 14.3. The Hall–Kier alpha value is -2.09. The van der Waals surface area contributed by atoms with Crippen LogP contribution >= 0.6 is 0 Å². The predicted octanol–water partition coefficient (Wildman–Crippen LogP) is 4.05. The minimum atomic E-state index is 0.0915. The average Bonchev–Trinajstić information content (AvgIpc) is 2.43. The summed E-state index contributed by atoms with van der Waals surface area (Å²) in [4.78, 5) is 12.5. The predicted molar refractivity (Wildman–Crippen MR) is 81.7 cm³/mol. The van der Waals surface area contributed by atoms with Gasteiger partial charge in [0.2, 0.25) is 0 Å². The molecule has 0 unspecified atom stereocenters. The van der Waals surface area contributed by atoms with E-state index in [0.717, 1.165) is 11.1 Å². The van der Waals surface area contributed by atoms with E-state index >= 15 is 0 Å². The van der Waals surface area contributed by atoms with Gasteiger partial charge in [-0.2, -0.15) is 0 Å². The molecule has 2 aromatic rings. The summed E-state index contributed by atoms with van der Waals surface area (Å²) in [6, 6.07) is 11.8. The van der Waals surface area contributed by atoms with Crippen LogP contribution in [-0.2, 0) is 6.42 Å². The van der Waals surface area contributed by atoms with Crippen LogP contribution in [-0.4, -0.2) is 12.9 Å². The van der Waals surface area contributed by atoms with Crippen LogP contribution in [0.2, 0.25) is 0 Å². The molecule has 0 saturated carbocycles. The quantitative estimate of drug-likeness (QED) is 0.782. The van der Waals surface area contributed by atoms with Gasteiger partial charge in [-0.1, -0.05) is 29.8 Å². The molecule has 20 heavy (non-hydrogen) atoms. The van der Waals surface area contributed by atoms with Gasteiger partial charge in [0, 0.05) is 6.42 Å². The lowest BCUT2D eigenvalue weighted by Crippen LogP contribution is -2.06. The van der Waals surface area contributed by atoms with E-state index in [1.807, 2.05) is 31.2 Å². The number of carbonyl (C=O) groups excluding carboxylic acids is 1. The third kappa shape index (κ3) is 3.08. The van der Waals surface area contributed by atoms with Crippen LogP contribution in [0.25, 0.3) is 0 Å². The van der Waals surface area contributed by atoms with Crippen molar-refractivity contribution in [3.8, 4) is 5.75 Å². The number of carbonyl (C=O) groups is 1. The smallest absolute Gasteiger partial charge is 0.170 e. The third-order valence-corrected chi connectivity index (χ3v) is 3.59. The van der Waals surface area contributed by atoms with Crippen molar-refractivity contribution >= 4 is 5.78 Å². The number of ketones is 1. The van der Waals surface area contributed by atoms with Crippen LogP contribution in [0, 0.1) is 20.8 Å². The van der Waals surface area contributed by atoms with Crippen molar-refractivity contribution in [2.75, 3.05) is 7.11 Å². The van der Waals surface area contributed by atoms with E-state index in [-0.39, 0.29) is 5.78 Å². The SMILES string of the molecule is COc1ccc(C)cc1C(=O)Cc1ccc(C)c(C)c1. The highest BCUT2D eigenvalue weighted by Crippen LogP contribution is 2.22. The highest BCUT2D eigenvalue weighted by atomic mass is 16.5. The molecule has 0 spiro atoms. The molecule has 0 atom stereocenters. The Bertz CT molecular complexity index is 642. The Morgan fingerprint density at radius 2 is 1.75 bits per heavy atom. The van der Waals surface area contributed by atoms with Gasteiger partial charge in [-0.3, -0.25) is 4.79 Å². The Kier molecular flexibility index (Phi) is 4.23. The van der Waals surface area contributed by atoms with Crippen LogP contribution in [0.1, 0.15) is 32.6 Å². The molecule has 0 radical (unpaired) electrons. The second-order valence-corrected chi connectivity index (χ2v) is 5.22. The number of benzene rings is 2. The fourth-order valence-electron chi connectivity index (χ4n) is 2.23. The lowest BCUT2D eigenvalue weighted by Gasteiger charge is -2.09. The molecule has 2 aromatic carbocycles. The zero-order valence-electron chi connectivity index (χ0n) is 12.5. The summed E-state index contributed by atoms with van der Waals surface area (Å²) >= 11 is 0. The summed E-state index contributed by atoms with van der Waals surface area (Å²) in [5.74, 6) is 0.734. The minimum absolute atomic E-state index is 0.0915. The van der Waals surface area contributed by atoms with Gasteiger partial charge >= 0.3 is 0 Å². The fraction of sp³-hybridized carbons (Fsp3) is 0.278. The molecule has 0 aromatic heterocycles. The van der Waals surface area contributed by atoms with E-state index in [2.05, 4.69) is 26.0 Å². The van der Waals surface area contributed by atoms with Crippen molar-refractivity contribution in [3.63, 3.8) is 0 Å². The zero-order chi connectivity index (χ0) is 14.7. The van der Waals surface area contributed by atoms with Crippen LogP contribution < -0.4 is 4.74 Å². The lowest BCUT2D eigenvalue weighted by molar-refractivity contribution is 0.0990. The summed E-state index contributed by atoms with van der Waals surface area (Å²) in [6.07, 6.45) is 0.404. The van der Waals surface area contributed by atoms with E-state index in [4.69, 9.17) is 4.74 Å². The maximum Gasteiger partial charge on any atom is 0.170 e. The van der Waals surface area contributed by atoms with Crippen molar-refractivity contribution in [1.82, 2.24) is 0 Å². The highest BCUT2D eigenvalue weighted by molar-refractivity contribution is 6.00. The molecule has 0 fully saturated rings. The molecule has 0 bridgehead atoms. The molecule has 0 amide bonds. The Balaban J connectivity index is 2.27. The van der Waals surface area contributed by atoms with E-state index in [1.165, 1.54) is 11.1 Å². The van der Waals surface area contributed by atoms with Crippen LogP contribution in [0.15, 0.2) is 36.4 Å². The Morgan fingerprint density at radius 3 is 2.40 bits per heavy atom. The number of ether oxygens (including phenoxy) is 1. The van der Waals surface area contributed by atoms with Gasteiger partial charge < -0.3 is 4.74 Å². The molecule has 0 aliphatic carbocycles. The normalized spacial score (nSPS) is 10.4. The van der Waals surface area contributed by atoms with Crippen LogP contribution in [0.3, 0.4) is 0 Å². The first-order valence-electron chi connectivity index (χ1n) is 6.75. The second kappa shape index (κ2) is 5.91. The fourth-order valence-corrected chi connectivity index (χ4v) is 2.23. The molecule has 0 heterocycles. The molecular weight excluding hydrogens is 248 g/mol. The monoisotopic (exact) mass is 268 g/mol. The Labute approximate surface area is 120 Å². The van der Waals surface area contributed by atoms with Crippen molar-refractivity contribution in [2.45, 2.75) is 27.2 Å². The number of hydrogen-bond acceptors (Lipinski definition) is 2. The van der Waals surface area contributed by atoms with Crippen molar-refractivity contribution in [3.05, 3.63) is 64.2 Å². The molecule has 0 aliphatic rings. The number of Topliss-reactive ketones (excluding diaryl/α,β-unsaturated/α-hetero) is 1. The molecule has 2 nitrogen and oxygen atoms in total. The first-order valence-corrected chi connectivity index (χ1v) is 6.75. The molecule has 104 valence electrons. The molecule has 0 saturated heterocycles. The first-order chi connectivity index (χ1) is 9.51. The third-order valence-electron chi connectivity index (χ3n) is 3.59. The van der Waals surface area contributed by atoms with E-state index < -0.39 is 0 Å². The standard InChI is InChI=1S/C18H20O2/c1-12-5-8-18(20-4)16(9-12)17(19)11-15-7-6-13(2)14(3)10-15/h5-10H,11H2,1-4H3. The van der Waals surface area contributed by atoms with Gasteiger partial charge in [0.15, 0.2) is 5.78 Å². The maximum absolute atomic E-state index is 12.5. The van der Waals surface area contributed by atoms with Gasteiger partial charge in [-0.15, -0.1) is 0 Å². The molecule has 2 rings (SSSR count). The number of rotatable bonds is 4. The van der Waals surface area contributed by atoms with Crippen molar-refractivity contribution in [2.24, 2.45) is 0 Å². The summed E-state index contributed by atoms with van der Waals surface area (Å²) < 4.78 is 5.28. The zero-order valence-corrected chi connectivity index (χ0v) is 12.5. The van der Waals surface area contributed by atoms with E-state index in [1.54, 1.807) is 7.11 Å². The maximum atomic E-state index is 12.5. The average molecular weight is 268 g/mol. The molecule has 0 N–H and O–H groups in total. The van der Waals surface area contributed by atoms with E-state index in [9.17, 15) is 4.79 Å². The Morgan fingerprint density at radius 1 is 1.00 bits per heavy atom. The summed E-state index contributed by atoms with van der Waals surface area (Å²) in [5.41, 5.74) is 5.22. The van der Waals surface area contributed by atoms with Crippen molar-refractivity contribution < 1.29 is 9.53 Å². The molecule has 0 aliphatic heterocycles. The lowest BCUT2D eigenvalue weighted by atomic mass is 9.98. The van der Waals surface area contributed by atoms with Crippen LogP contribution in [0.4, 0.5) is 0 Å². The molecule has 2 heteroatoms. The van der Waals surface area contributed by atoms with Gasteiger partial charge in [0.25, 0.3) is 0 Å². The minimum Gasteiger partial charge on any atom is -0.496 e. The van der Waals surface area contributed by atoms with Crippen molar-refractivity contribution in [1.29, 1.82) is 0 Å². The summed E-state index contributed by atoms with van der Waals surface area (Å²) in [7, 11) is 1.59. The van der Waals surface area contributed by atoms with Gasteiger partial charge in [-0.05, 0) is 49.6 Å². The second-order valence-electron chi connectivity index (χ2n) is 5.22. The largest absolute Gasteiger partial charge is 0.496 e. The summed E-state index contributed by atoms with van der Waals surface area (Å²) in [5, 5.41) is 0.